The molecular formula is C17H15N3OS. The smallest absolute Gasteiger partial charge is 0.268 e. The predicted molar refractivity (Wildman–Crippen MR) is 91.5 cm³/mol. The number of nitrogens with one attached hydrogen (secondary N) is 2. The number of anilines is 2. The van der Waals surface area contributed by atoms with E-state index in [1.54, 1.807) is 7.05 Å². The molecule has 5 heteroatoms. The first kappa shape index (κ1) is 14.3. The van der Waals surface area contributed by atoms with Crippen molar-refractivity contribution in [3.05, 3.63) is 65.5 Å². The first-order valence-electron chi connectivity index (χ1n) is 6.88. The molecule has 0 bridgehead atoms. The van der Waals surface area contributed by atoms with Crippen LogP contribution in [0.25, 0.3) is 11.3 Å². The normalized spacial score (nSPS) is 10.2. The highest BCUT2D eigenvalue weighted by molar-refractivity contribution is 7.18. The minimum absolute atomic E-state index is 0.149. The van der Waals surface area contributed by atoms with Crippen molar-refractivity contribution in [3.8, 4) is 11.3 Å². The van der Waals surface area contributed by atoms with Crippen molar-refractivity contribution in [3.63, 3.8) is 0 Å². The number of rotatable bonds is 4. The molecule has 1 amide bonds. The van der Waals surface area contributed by atoms with Crippen LogP contribution in [0.2, 0.25) is 0 Å². The van der Waals surface area contributed by atoms with Gasteiger partial charge in [-0.15, -0.1) is 0 Å². The molecule has 22 heavy (non-hydrogen) atoms. The number of hydrogen-bond donors (Lipinski definition) is 2. The molecule has 0 aliphatic rings. The minimum Gasteiger partial charge on any atom is -0.365 e. The van der Waals surface area contributed by atoms with Crippen LogP contribution in [0.3, 0.4) is 0 Å². The Morgan fingerprint density at radius 1 is 1.00 bits per heavy atom. The molecule has 0 spiro atoms. The summed E-state index contributed by atoms with van der Waals surface area (Å²) in [5, 5.41) is 6.63. The Labute approximate surface area is 132 Å². The first-order valence-corrected chi connectivity index (χ1v) is 7.70. The molecule has 0 atom stereocenters. The van der Waals surface area contributed by atoms with Gasteiger partial charge in [0, 0.05) is 18.3 Å². The molecule has 2 N–H and O–H groups in total. The number of thiazole rings is 1. The molecule has 1 aromatic heterocycles. The zero-order chi connectivity index (χ0) is 15.4. The van der Waals surface area contributed by atoms with Gasteiger partial charge in [-0.3, -0.25) is 4.79 Å². The summed E-state index contributed by atoms with van der Waals surface area (Å²) >= 11 is 1.35. The summed E-state index contributed by atoms with van der Waals surface area (Å²) in [6.45, 7) is 0. The second-order valence-corrected chi connectivity index (χ2v) is 5.63. The van der Waals surface area contributed by atoms with Crippen molar-refractivity contribution in [1.29, 1.82) is 0 Å². The summed E-state index contributed by atoms with van der Waals surface area (Å²) in [4.78, 5) is 17.7. The second kappa shape index (κ2) is 6.41. The van der Waals surface area contributed by atoms with Crippen molar-refractivity contribution in [2.75, 3.05) is 17.7 Å². The number of carbonyl (C=O) groups is 1. The number of benzene rings is 2. The van der Waals surface area contributed by atoms with Gasteiger partial charge in [0.25, 0.3) is 5.91 Å². The molecule has 3 aromatic rings. The fourth-order valence-electron chi connectivity index (χ4n) is 2.08. The summed E-state index contributed by atoms with van der Waals surface area (Å²) in [7, 11) is 1.80. The van der Waals surface area contributed by atoms with Gasteiger partial charge in [0.05, 0.1) is 5.69 Å². The van der Waals surface area contributed by atoms with E-state index in [1.807, 2.05) is 60.7 Å². The van der Waals surface area contributed by atoms with Gasteiger partial charge in [-0.2, -0.15) is 0 Å². The van der Waals surface area contributed by atoms with Gasteiger partial charge in [-0.1, -0.05) is 59.9 Å². The molecule has 0 aliphatic carbocycles. The van der Waals surface area contributed by atoms with Crippen molar-refractivity contribution < 1.29 is 4.79 Å². The third-order valence-electron chi connectivity index (χ3n) is 3.13. The predicted octanol–water partition coefficient (Wildman–Crippen LogP) is 4.10. The van der Waals surface area contributed by atoms with E-state index in [2.05, 4.69) is 15.6 Å². The monoisotopic (exact) mass is 309 g/mol. The maximum absolute atomic E-state index is 12.6. The van der Waals surface area contributed by atoms with Crippen LogP contribution in [-0.2, 0) is 0 Å². The van der Waals surface area contributed by atoms with Crippen molar-refractivity contribution in [2.45, 2.75) is 0 Å². The molecule has 110 valence electrons. The van der Waals surface area contributed by atoms with Crippen molar-refractivity contribution >= 4 is 28.1 Å². The van der Waals surface area contributed by atoms with Gasteiger partial charge in [0.1, 0.15) is 4.88 Å². The number of para-hydroxylation sites is 1. The highest BCUT2D eigenvalue weighted by Gasteiger charge is 2.19. The van der Waals surface area contributed by atoms with Gasteiger partial charge in [-0.05, 0) is 12.1 Å². The standard InChI is InChI=1S/C17H15N3OS/c1-18-17-20-14(12-8-4-2-5-9-12)15(22-17)16(21)19-13-10-6-3-7-11-13/h2-11H,1H3,(H,18,20)(H,19,21). The number of hydrogen-bond acceptors (Lipinski definition) is 4. The second-order valence-electron chi connectivity index (χ2n) is 4.63. The lowest BCUT2D eigenvalue weighted by atomic mass is 10.1. The lowest BCUT2D eigenvalue weighted by Gasteiger charge is -2.05. The average Bonchev–Trinajstić information content (AvgIpc) is 3.01. The Hall–Kier alpha value is -2.66. The highest BCUT2D eigenvalue weighted by atomic mass is 32.1. The Morgan fingerprint density at radius 3 is 2.27 bits per heavy atom. The molecule has 0 radical (unpaired) electrons. The summed E-state index contributed by atoms with van der Waals surface area (Å²) in [5.74, 6) is -0.149. The van der Waals surface area contributed by atoms with Gasteiger partial charge < -0.3 is 10.6 Å². The third-order valence-corrected chi connectivity index (χ3v) is 4.20. The average molecular weight is 309 g/mol. The molecule has 0 saturated carbocycles. The molecule has 4 nitrogen and oxygen atoms in total. The van der Waals surface area contributed by atoms with Crippen LogP contribution in [0.1, 0.15) is 9.67 Å². The molecule has 0 aliphatic heterocycles. The van der Waals surface area contributed by atoms with E-state index in [9.17, 15) is 4.79 Å². The van der Waals surface area contributed by atoms with Crippen LogP contribution in [-0.4, -0.2) is 17.9 Å². The van der Waals surface area contributed by atoms with Crippen LogP contribution in [0.15, 0.2) is 60.7 Å². The van der Waals surface area contributed by atoms with E-state index >= 15 is 0 Å². The highest BCUT2D eigenvalue weighted by Crippen LogP contribution is 2.31. The molecule has 3 rings (SSSR count). The Bertz CT molecular complexity index is 769. The zero-order valence-corrected chi connectivity index (χ0v) is 12.9. The summed E-state index contributed by atoms with van der Waals surface area (Å²) < 4.78 is 0. The largest absolute Gasteiger partial charge is 0.365 e. The molecule has 2 aromatic carbocycles. The van der Waals surface area contributed by atoms with E-state index in [0.29, 0.717) is 10.6 Å². The zero-order valence-electron chi connectivity index (χ0n) is 12.0. The van der Waals surface area contributed by atoms with Crippen LogP contribution in [0.4, 0.5) is 10.8 Å². The van der Waals surface area contributed by atoms with Crippen molar-refractivity contribution in [2.24, 2.45) is 0 Å². The fourth-order valence-corrected chi connectivity index (χ4v) is 2.92. The lowest BCUT2D eigenvalue weighted by Crippen LogP contribution is -2.11. The molecular weight excluding hydrogens is 294 g/mol. The summed E-state index contributed by atoms with van der Waals surface area (Å²) in [6.07, 6.45) is 0. The van der Waals surface area contributed by atoms with Gasteiger partial charge in [-0.25, -0.2) is 4.98 Å². The van der Waals surface area contributed by atoms with Crippen LogP contribution >= 0.6 is 11.3 Å². The number of aromatic nitrogens is 1. The van der Waals surface area contributed by atoms with Gasteiger partial charge in [0.2, 0.25) is 0 Å². The first-order chi connectivity index (χ1) is 10.8. The number of carbonyl (C=O) groups excluding carboxylic acids is 1. The Balaban J connectivity index is 1.96. The summed E-state index contributed by atoms with van der Waals surface area (Å²) in [5.41, 5.74) is 2.40. The maximum atomic E-state index is 12.6. The molecule has 0 saturated heterocycles. The third kappa shape index (κ3) is 2.99. The molecule has 0 fully saturated rings. The number of nitrogens with zero attached hydrogens (tertiary/aromatic N) is 1. The van der Waals surface area contributed by atoms with Crippen molar-refractivity contribution in [1.82, 2.24) is 4.98 Å². The van der Waals surface area contributed by atoms with E-state index in [0.717, 1.165) is 16.4 Å². The van der Waals surface area contributed by atoms with Gasteiger partial charge in [0.15, 0.2) is 5.13 Å². The summed E-state index contributed by atoms with van der Waals surface area (Å²) in [6, 6.07) is 19.1. The molecule has 0 unspecified atom stereocenters. The maximum Gasteiger partial charge on any atom is 0.268 e. The van der Waals surface area contributed by atoms with Crippen LogP contribution in [0.5, 0.6) is 0 Å². The Kier molecular flexibility index (Phi) is 4.16. The lowest BCUT2D eigenvalue weighted by molar-refractivity contribution is 0.103. The van der Waals surface area contributed by atoms with E-state index < -0.39 is 0 Å². The SMILES string of the molecule is CNc1nc(-c2ccccc2)c(C(=O)Nc2ccccc2)s1. The number of amides is 1. The van der Waals surface area contributed by atoms with Crippen LogP contribution in [0, 0.1) is 0 Å². The van der Waals surface area contributed by atoms with E-state index in [1.165, 1.54) is 11.3 Å². The Morgan fingerprint density at radius 2 is 1.64 bits per heavy atom. The van der Waals surface area contributed by atoms with Gasteiger partial charge >= 0.3 is 0 Å². The van der Waals surface area contributed by atoms with E-state index in [4.69, 9.17) is 0 Å². The topological polar surface area (TPSA) is 54.0 Å². The quantitative estimate of drug-likeness (QED) is 0.762. The van der Waals surface area contributed by atoms with E-state index in [-0.39, 0.29) is 5.91 Å². The minimum atomic E-state index is -0.149. The molecule has 1 heterocycles. The van der Waals surface area contributed by atoms with Crippen LogP contribution < -0.4 is 10.6 Å². The fraction of sp³-hybridized carbons (Fsp3) is 0.0588.